The van der Waals surface area contributed by atoms with E-state index in [4.69, 9.17) is 5.73 Å². The van der Waals surface area contributed by atoms with Crippen molar-refractivity contribution in [3.63, 3.8) is 0 Å². The summed E-state index contributed by atoms with van der Waals surface area (Å²) in [5.74, 6) is -0.157. The van der Waals surface area contributed by atoms with Crippen LogP contribution in [0.25, 0.3) is 0 Å². The smallest absolute Gasteiger partial charge is 0.263 e. The molecule has 4 nitrogen and oxygen atoms in total. The number of nitrogens with two attached hydrogens (primary N) is 1. The van der Waals surface area contributed by atoms with Gasteiger partial charge >= 0.3 is 0 Å². The van der Waals surface area contributed by atoms with Gasteiger partial charge in [-0.2, -0.15) is 0 Å². The molecule has 2 heterocycles. The number of nitrogens with zero attached hydrogens (tertiary/aromatic N) is 1. The lowest BCUT2D eigenvalue weighted by Crippen LogP contribution is -2.27. The highest BCUT2D eigenvalue weighted by Crippen LogP contribution is 2.19. The summed E-state index contributed by atoms with van der Waals surface area (Å²) >= 11 is 1.34. The molecule has 0 aliphatic carbocycles. The molecule has 2 aromatic rings. The Labute approximate surface area is 103 Å². The molecule has 0 saturated heterocycles. The predicted molar refractivity (Wildman–Crippen MR) is 68.8 cm³/mol. The van der Waals surface area contributed by atoms with Crippen molar-refractivity contribution in [2.75, 3.05) is 5.73 Å². The summed E-state index contributed by atoms with van der Waals surface area (Å²) < 4.78 is 0. The first kappa shape index (κ1) is 11.6. The number of carbonyl (C=O) groups excluding carboxylic acids is 1. The van der Waals surface area contributed by atoms with E-state index in [1.807, 2.05) is 25.1 Å². The van der Waals surface area contributed by atoms with Crippen LogP contribution in [0.5, 0.6) is 0 Å². The third kappa shape index (κ3) is 2.62. The van der Waals surface area contributed by atoms with Gasteiger partial charge in [-0.25, -0.2) is 0 Å². The summed E-state index contributed by atoms with van der Waals surface area (Å²) in [6.45, 7) is 1.89. The summed E-state index contributed by atoms with van der Waals surface area (Å²) in [5.41, 5.74) is 7.03. The zero-order valence-corrected chi connectivity index (χ0v) is 10.2. The van der Waals surface area contributed by atoms with Crippen LogP contribution < -0.4 is 11.1 Å². The Balaban J connectivity index is 2.08. The van der Waals surface area contributed by atoms with Gasteiger partial charge < -0.3 is 11.1 Å². The van der Waals surface area contributed by atoms with E-state index in [0.29, 0.717) is 10.6 Å². The van der Waals surface area contributed by atoms with Gasteiger partial charge in [0.1, 0.15) is 4.88 Å². The van der Waals surface area contributed by atoms with Crippen LogP contribution in [-0.4, -0.2) is 10.9 Å². The van der Waals surface area contributed by atoms with E-state index in [2.05, 4.69) is 10.3 Å². The second kappa shape index (κ2) is 4.97. The van der Waals surface area contributed by atoms with Gasteiger partial charge in [0.2, 0.25) is 0 Å². The number of pyridine rings is 1. The molecule has 88 valence electrons. The van der Waals surface area contributed by atoms with Crippen LogP contribution in [0.1, 0.15) is 28.3 Å². The maximum atomic E-state index is 11.9. The molecule has 0 aliphatic heterocycles. The minimum Gasteiger partial charge on any atom is -0.397 e. The molecule has 0 saturated carbocycles. The van der Waals surface area contributed by atoms with Crippen molar-refractivity contribution >= 4 is 22.9 Å². The number of carbonyl (C=O) groups is 1. The van der Waals surface area contributed by atoms with Gasteiger partial charge in [-0.05, 0) is 30.5 Å². The molecule has 1 atom stereocenters. The van der Waals surface area contributed by atoms with Crippen LogP contribution in [0, 0.1) is 0 Å². The van der Waals surface area contributed by atoms with E-state index in [9.17, 15) is 4.79 Å². The van der Waals surface area contributed by atoms with Crippen LogP contribution in [0.4, 0.5) is 5.69 Å². The molecule has 3 N–H and O–H groups in total. The maximum Gasteiger partial charge on any atom is 0.263 e. The Kier molecular flexibility index (Phi) is 3.39. The molecular formula is C12H13N3OS. The summed E-state index contributed by atoms with van der Waals surface area (Å²) in [4.78, 5) is 16.6. The highest BCUT2D eigenvalue weighted by molar-refractivity contribution is 7.12. The molecule has 0 aliphatic rings. The normalized spacial score (nSPS) is 12.1. The molecule has 0 fully saturated rings. The van der Waals surface area contributed by atoms with Crippen LogP contribution in [0.3, 0.4) is 0 Å². The highest BCUT2D eigenvalue weighted by Gasteiger charge is 2.15. The Hall–Kier alpha value is -1.88. The molecule has 0 aromatic carbocycles. The summed E-state index contributed by atoms with van der Waals surface area (Å²) in [5, 5.41) is 4.67. The summed E-state index contributed by atoms with van der Waals surface area (Å²) in [6.07, 6.45) is 1.71. The molecule has 5 heteroatoms. The second-order valence-electron chi connectivity index (χ2n) is 3.65. The zero-order chi connectivity index (χ0) is 12.3. The number of anilines is 1. The summed E-state index contributed by atoms with van der Waals surface area (Å²) in [7, 11) is 0. The molecule has 17 heavy (non-hydrogen) atoms. The van der Waals surface area contributed by atoms with Crippen LogP contribution in [0.2, 0.25) is 0 Å². The fourth-order valence-electron chi connectivity index (χ4n) is 1.47. The van der Waals surface area contributed by atoms with Gasteiger partial charge in [-0.3, -0.25) is 9.78 Å². The first-order valence-corrected chi connectivity index (χ1v) is 6.11. The van der Waals surface area contributed by atoms with Gasteiger partial charge in [0, 0.05) is 6.20 Å². The molecule has 2 rings (SSSR count). The third-order valence-electron chi connectivity index (χ3n) is 2.38. The number of rotatable bonds is 3. The number of nitrogens with one attached hydrogen (secondary N) is 1. The van der Waals surface area contributed by atoms with Gasteiger partial charge in [-0.15, -0.1) is 11.3 Å². The van der Waals surface area contributed by atoms with Crippen molar-refractivity contribution in [2.24, 2.45) is 0 Å². The largest absolute Gasteiger partial charge is 0.397 e. The molecule has 1 unspecified atom stereocenters. The molecule has 0 bridgehead atoms. The number of aromatic nitrogens is 1. The maximum absolute atomic E-state index is 11.9. The molecule has 0 spiro atoms. The summed E-state index contributed by atoms with van der Waals surface area (Å²) in [6, 6.07) is 7.21. The molecular weight excluding hydrogens is 234 g/mol. The minimum absolute atomic E-state index is 0.134. The van der Waals surface area contributed by atoms with Gasteiger partial charge in [0.15, 0.2) is 0 Å². The van der Waals surface area contributed by atoms with Crippen LogP contribution >= 0.6 is 11.3 Å². The van der Waals surface area contributed by atoms with Crippen molar-refractivity contribution in [2.45, 2.75) is 13.0 Å². The van der Waals surface area contributed by atoms with E-state index in [1.54, 1.807) is 17.6 Å². The minimum atomic E-state index is -0.157. The lowest BCUT2D eigenvalue weighted by atomic mass is 10.2. The van der Waals surface area contributed by atoms with E-state index >= 15 is 0 Å². The van der Waals surface area contributed by atoms with Crippen molar-refractivity contribution < 1.29 is 4.79 Å². The zero-order valence-electron chi connectivity index (χ0n) is 9.38. The average molecular weight is 247 g/mol. The van der Waals surface area contributed by atoms with E-state index in [-0.39, 0.29) is 11.9 Å². The fourth-order valence-corrected chi connectivity index (χ4v) is 2.19. The van der Waals surface area contributed by atoms with Crippen LogP contribution in [-0.2, 0) is 0 Å². The lowest BCUT2D eigenvalue weighted by molar-refractivity contribution is 0.0944. The highest BCUT2D eigenvalue weighted by atomic mass is 32.1. The van der Waals surface area contributed by atoms with Crippen molar-refractivity contribution in [3.05, 3.63) is 46.4 Å². The van der Waals surface area contributed by atoms with Gasteiger partial charge in [0.25, 0.3) is 5.91 Å². The second-order valence-corrected chi connectivity index (χ2v) is 4.57. The SMILES string of the molecule is CC(NC(=O)c1sccc1N)c1ccccn1. The van der Waals surface area contributed by atoms with Crippen LogP contribution in [0.15, 0.2) is 35.8 Å². The Morgan fingerprint density at radius 1 is 1.47 bits per heavy atom. The first-order chi connectivity index (χ1) is 8.18. The standard InChI is InChI=1S/C12H13N3OS/c1-8(10-4-2-3-6-14-10)15-12(16)11-9(13)5-7-17-11/h2-8H,13H2,1H3,(H,15,16). The monoisotopic (exact) mass is 247 g/mol. The van der Waals surface area contributed by atoms with Gasteiger partial charge in [-0.1, -0.05) is 6.07 Å². The number of nitrogen functional groups attached to an aromatic ring is 1. The predicted octanol–water partition coefficient (Wildman–Crippen LogP) is 2.22. The van der Waals surface area contributed by atoms with E-state index < -0.39 is 0 Å². The van der Waals surface area contributed by atoms with Crippen molar-refractivity contribution in [1.82, 2.24) is 10.3 Å². The number of thiophene rings is 1. The lowest BCUT2D eigenvalue weighted by Gasteiger charge is -2.12. The van der Waals surface area contributed by atoms with Gasteiger partial charge in [0.05, 0.1) is 17.4 Å². The number of hydrogen-bond donors (Lipinski definition) is 2. The molecule has 0 radical (unpaired) electrons. The fraction of sp³-hybridized carbons (Fsp3) is 0.167. The number of hydrogen-bond acceptors (Lipinski definition) is 4. The Bertz CT molecular complexity index is 509. The number of amides is 1. The Morgan fingerprint density at radius 3 is 2.88 bits per heavy atom. The quantitative estimate of drug-likeness (QED) is 0.873. The average Bonchev–Trinajstić information content (AvgIpc) is 2.76. The van der Waals surface area contributed by atoms with Crippen molar-refractivity contribution in [3.8, 4) is 0 Å². The molecule has 2 aromatic heterocycles. The molecule has 1 amide bonds. The van der Waals surface area contributed by atoms with E-state index in [0.717, 1.165) is 5.69 Å². The first-order valence-electron chi connectivity index (χ1n) is 5.23. The van der Waals surface area contributed by atoms with Crippen molar-refractivity contribution in [1.29, 1.82) is 0 Å². The Morgan fingerprint density at radius 2 is 2.29 bits per heavy atom. The topological polar surface area (TPSA) is 68.0 Å². The third-order valence-corrected chi connectivity index (χ3v) is 3.31. The van der Waals surface area contributed by atoms with E-state index in [1.165, 1.54) is 11.3 Å².